The number of likely N-dealkylation sites (N-methyl/N-ethyl adjacent to an activating group) is 1. The van der Waals surface area contributed by atoms with Gasteiger partial charge in [-0.2, -0.15) is 0 Å². The van der Waals surface area contributed by atoms with E-state index in [9.17, 15) is 14.0 Å². The van der Waals surface area contributed by atoms with Gasteiger partial charge in [0.05, 0.1) is 6.54 Å². The van der Waals surface area contributed by atoms with Crippen LogP contribution in [0.15, 0.2) is 42.5 Å². The number of nitrogens with zero attached hydrogens (tertiary/aromatic N) is 1. The fraction of sp³-hybridized carbons (Fsp3) is 0.222. The van der Waals surface area contributed by atoms with Crippen LogP contribution >= 0.6 is 11.6 Å². The molecule has 0 fully saturated rings. The molecule has 0 aliphatic heterocycles. The van der Waals surface area contributed by atoms with Crippen molar-refractivity contribution in [1.29, 1.82) is 0 Å². The molecule has 4 nitrogen and oxygen atoms in total. The molecule has 24 heavy (non-hydrogen) atoms. The summed E-state index contributed by atoms with van der Waals surface area (Å²) in [6.07, 6.45) is 0. The van der Waals surface area contributed by atoms with Gasteiger partial charge in [-0.05, 0) is 50.4 Å². The molecule has 0 radical (unpaired) electrons. The molecule has 0 spiro atoms. The molecule has 126 valence electrons. The van der Waals surface area contributed by atoms with Crippen molar-refractivity contribution in [2.45, 2.75) is 13.5 Å². The van der Waals surface area contributed by atoms with Gasteiger partial charge >= 0.3 is 0 Å². The number of carbonyl (C=O) groups excluding carboxylic acids is 2. The highest BCUT2D eigenvalue weighted by atomic mass is 35.5. The molecule has 0 heterocycles. The number of rotatable bonds is 6. The zero-order valence-corrected chi connectivity index (χ0v) is 14.2. The van der Waals surface area contributed by atoms with Crippen molar-refractivity contribution in [3.05, 3.63) is 64.4 Å². The number of benzene rings is 2. The Hall–Kier alpha value is -2.24. The van der Waals surface area contributed by atoms with Gasteiger partial charge in [0.1, 0.15) is 5.82 Å². The van der Waals surface area contributed by atoms with E-state index in [4.69, 9.17) is 11.6 Å². The van der Waals surface area contributed by atoms with Crippen LogP contribution in [0, 0.1) is 5.82 Å². The Morgan fingerprint density at radius 2 is 1.83 bits per heavy atom. The summed E-state index contributed by atoms with van der Waals surface area (Å²) >= 11 is 5.99. The molecule has 0 aromatic heterocycles. The maximum Gasteiger partial charge on any atom is 0.238 e. The lowest BCUT2D eigenvalue weighted by atomic mass is 10.1. The van der Waals surface area contributed by atoms with Crippen LogP contribution in [0.2, 0.25) is 5.02 Å². The number of hydrogen-bond donors (Lipinski definition) is 1. The molecule has 0 bridgehead atoms. The smallest absolute Gasteiger partial charge is 0.238 e. The molecule has 1 N–H and O–H groups in total. The first kappa shape index (κ1) is 18.1. The van der Waals surface area contributed by atoms with Crippen molar-refractivity contribution in [3.63, 3.8) is 0 Å². The first-order valence-electron chi connectivity index (χ1n) is 7.39. The normalized spacial score (nSPS) is 10.7. The van der Waals surface area contributed by atoms with E-state index in [1.807, 2.05) is 0 Å². The molecule has 2 aromatic carbocycles. The van der Waals surface area contributed by atoms with E-state index in [0.717, 1.165) is 0 Å². The van der Waals surface area contributed by atoms with Gasteiger partial charge in [-0.25, -0.2) is 4.39 Å². The monoisotopic (exact) mass is 348 g/mol. The Morgan fingerprint density at radius 3 is 2.42 bits per heavy atom. The van der Waals surface area contributed by atoms with Crippen LogP contribution in [0.1, 0.15) is 22.8 Å². The van der Waals surface area contributed by atoms with E-state index >= 15 is 0 Å². The number of amides is 1. The van der Waals surface area contributed by atoms with Crippen molar-refractivity contribution in [2.75, 3.05) is 18.9 Å². The first-order valence-corrected chi connectivity index (χ1v) is 7.77. The molecule has 2 aromatic rings. The van der Waals surface area contributed by atoms with Crippen LogP contribution in [0.4, 0.5) is 10.1 Å². The summed E-state index contributed by atoms with van der Waals surface area (Å²) < 4.78 is 13.8. The van der Waals surface area contributed by atoms with Crippen molar-refractivity contribution in [2.24, 2.45) is 0 Å². The molecule has 0 aliphatic carbocycles. The highest BCUT2D eigenvalue weighted by Gasteiger charge is 2.12. The van der Waals surface area contributed by atoms with Gasteiger partial charge in [0, 0.05) is 28.4 Å². The molecule has 0 saturated carbocycles. The molecular formula is C18H18ClFN2O2. The van der Waals surface area contributed by atoms with Crippen LogP contribution in [-0.2, 0) is 11.3 Å². The van der Waals surface area contributed by atoms with Crippen LogP contribution < -0.4 is 5.32 Å². The molecule has 0 atom stereocenters. The highest BCUT2D eigenvalue weighted by molar-refractivity contribution is 6.31. The minimum absolute atomic E-state index is 0.0330. The Bertz CT molecular complexity index is 727. The number of carbonyl (C=O) groups is 2. The molecule has 0 unspecified atom stereocenters. The number of Topliss-reactive ketones (excluding diaryl/α,β-unsaturated/α-hetero) is 1. The molecule has 1 amide bonds. The predicted octanol–water partition coefficient (Wildman–Crippen LogP) is 3.75. The number of ketones is 1. The second-order valence-electron chi connectivity index (χ2n) is 5.55. The minimum atomic E-state index is -0.394. The number of nitrogens with one attached hydrogen (secondary N) is 1. The maximum absolute atomic E-state index is 13.8. The lowest BCUT2D eigenvalue weighted by molar-refractivity contribution is -0.117. The second-order valence-corrected chi connectivity index (χ2v) is 5.96. The molecule has 0 aliphatic rings. The van der Waals surface area contributed by atoms with Gasteiger partial charge in [-0.3, -0.25) is 14.5 Å². The van der Waals surface area contributed by atoms with Crippen LogP contribution in [0.3, 0.4) is 0 Å². The van der Waals surface area contributed by atoms with Crippen molar-refractivity contribution in [3.8, 4) is 0 Å². The summed E-state index contributed by atoms with van der Waals surface area (Å²) in [6, 6.07) is 11.1. The van der Waals surface area contributed by atoms with Crippen molar-refractivity contribution < 1.29 is 14.0 Å². The lowest BCUT2D eigenvalue weighted by Gasteiger charge is -2.17. The average molecular weight is 349 g/mol. The van der Waals surface area contributed by atoms with Crippen molar-refractivity contribution in [1.82, 2.24) is 4.90 Å². The Balaban J connectivity index is 1.93. The zero-order chi connectivity index (χ0) is 17.7. The highest BCUT2D eigenvalue weighted by Crippen LogP contribution is 2.20. The van der Waals surface area contributed by atoms with Gasteiger partial charge < -0.3 is 5.32 Å². The van der Waals surface area contributed by atoms with E-state index in [1.165, 1.54) is 13.0 Å². The van der Waals surface area contributed by atoms with E-state index < -0.39 is 5.82 Å². The predicted molar refractivity (Wildman–Crippen MR) is 92.8 cm³/mol. The van der Waals surface area contributed by atoms with Crippen LogP contribution in [0.25, 0.3) is 0 Å². The van der Waals surface area contributed by atoms with E-state index in [2.05, 4.69) is 5.32 Å². The SMILES string of the molecule is CC(=O)c1ccc(NC(=O)CN(C)Cc2c(F)cccc2Cl)cc1. The lowest BCUT2D eigenvalue weighted by Crippen LogP contribution is -2.30. The maximum atomic E-state index is 13.8. The molecular weight excluding hydrogens is 331 g/mol. The first-order chi connectivity index (χ1) is 11.4. The van der Waals surface area contributed by atoms with E-state index in [1.54, 1.807) is 48.3 Å². The summed E-state index contributed by atoms with van der Waals surface area (Å²) in [6.45, 7) is 1.79. The second kappa shape index (κ2) is 8.04. The molecule has 2 rings (SSSR count). The number of anilines is 1. The van der Waals surface area contributed by atoms with Gasteiger partial charge in [0.2, 0.25) is 5.91 Å². The van der Waals surface area contributed by atoms with Gasteiger partial charge in [-0.1, -0.05) is 17.7 Å². The van der Waals surface area contributed by atoms with Crippen molar-refractivity contribution >= 4 is 29.0 Å². The standard InChI is InChI=1S/C18H18ClFN2O2/c1-12(23)13-6-8-14(9-7-13)21-18(24)11-22(2)10-15-16(19)4-3-5-17(15)20/h3-9H,10-11H2,1-2H3,(H,21,24). The van der Waals surface area contributed by atoms with E-state index in [-0.39, 0.29) is 24.8 Å². The summed E-state index contributed by atoms with van der Waals surface area (Å²) in [5.41, 5.74) is 1.54. The van der Waals surface area contributed by atoms with Crippen LogP contribution in [-0.4, -0.2) is 30.2 Å². The summed E-state index contributed by atoms with van der Waals surface area (Å²) in [4.78, 5) is 24.9. The minimum Gasteiger partial charge on any atom is -0.325 e. The van der Waals surface area contributed by atoms with E-state index in [0.29, 0.717) is 21.8 Å². The zero-order valence-electron chi connectivity index (χ0n) is 13.5. The average Bonchev–Trinajstić information content (AvgIpc) is 2.51. The number of hydrogen-bond acceptors (Lipinski definition) is 3. The molecule has 0 saturated heterocycles. The summed E-state index contributed by atoms with van der Waals surface area (Å²) in [5, 5.41) is 3.07. The topological polar surface area (TPSA) is 49.4 Å². The Kier molecular flexibility index (Phi) is 6.06. The Labute approximate surface area is 145 Å². The van der Waals surface area contributed by atoms with Gasteiger partial charge in [-0.15, -0.1) is 0 Å². The summed E-state index contributed by atoms with van der Waals surface area (Å²) in [7, 11) is 1.71. The van der Waals surface area contributed by atoms with Crippen LogP contribution in [0.5, 0.6) is 0 Å². The fourth-order valence-electron chi connectivity index (χ4n) is 2.24. The van der Waals surface area contributed by atoms with Gasteiger partial charge in [0.15, 0.2) is 5.78 Å². The third-order valence-corrected chi connectivity index (χ3v) is 3.83. The van der Waals surface area contributed by atoms with Gasteiger partial charge in [0.25, 0.3) is 0 Å². The summed E-state index contributed by atoms with van der Waals surface area (Å²) in [5.74, 6) is -0.663. The largest absolute Gasteiger partial charge is 0.325 e. The quantitative estimate of drug-likeness (QED) is 0.809. The number of halogens is 2. The third kappa shape index (κ3) is 4.88. The Morgan fingerprint density at radius 1 is 1.17 bits per heavy atom. The third-order valence-electron chi connectivity index (χ3n) is 3.48. The molecule has 6 heteroatoms. The fourth-order valence-corrected chi connectivity index (χ4v) is 2.47.